The third kappa shape index (κ3) is 9.53. The molecule has 0 spiro atoms. The van der Waals surface area contributed by atoms with Gasteiger partial charge in [0.25, 0.3) is 0 Å². The average molecular weight is 532 g/mol. The van der Waals surface area contributed by atoms with Gasteiger partial charge in [0.2, 0.25) is 0 Å². The second-order valence-corrected chi connectivity index (χ2v) is 9.21. The molecule has 37 heavy (non-hydrogen) atoms. The van der Waals surface area contributed by atoms with Gasteiger partial charge in [0.1, 0.15) is 23.2 Å². The van der Waals surface area contributed by atoms with E-state index in [0.29, 0.717) is 30.5 Å². The standard InChI is InChI=1S/C16H22ClFN2O2.C12H10FNO/c1-4-13(9-8-11(2)21)20(3)16(22)19-10-12-6-5-7-14(18)15(12)17;1-8(15)4-12-6-10-5-11(13)3-2-9(10)7-14-12/h5-7,13H,4,8-10H2,1-3H3,(H,19,22);2-3,5-7H,4H2,1H3. The molecule has 1 unspecified atom stereocenters. The predicted octanol–water partition coefficient (Wildman–Crippen LogP) is 6.27. The van der Waals surface area contributed by atoms with E-state index in [1.165, 1.54) is 25.1 Å². The molecular formula is C28H32ClF2N3O3. The first kappa shape index (κ1) is 29.8. The molecule has 0 saturated heterocycles. The van der Waals surface area contributed by atoms with Crippen molar-refractivity contribution in [3.8, 4) is 0 Å². The van der Waals surface area contributed by atoms with Gasteiger partial charge in [0, 0.05) is 49.8 Å². The van der Waals surface area contributed by atoms with Crippen LogP contribution in [0.3, 0.4) is 0 Å². The summed E-state index contributed by atoms with van der Waals surface area (Å²) in [5.41, 5.74) is 1.21. The number of nitrogens with one attached hydrogen (secondary N) is 1. The van der Waals surface area contributed by atoms with Gasteiger partial charge >= 0.3 is 6.03 Å². The van der Waals surface area contributed by atoms with Gasteiger partial charge in [0.15, 0.2) is 0 Å². The Balaban J connectivity index is 0.000000278. The van der Waals surface area contributed by atoms with E-state index in [1.807, 2.05) is 6.92 Å². The number of benzene rings is 2. The first-order valence-electron chi connectivity index (χ1n) is 12.0. The summed E-state index contributed by atoms with van der Waals surface area (Å²) >= 11 is 5.85. The third-order valence-corrected chi connectivity index (χ3v) is 6.22. The monoisotopic (exact) mass is 531 g/mol. The zero-order chi connectivity index (χ0) is 27.5. The Kier molecular flexibility index (Phi) is 11.6. The van der Waals surface area contributed by atoms with Crippen molar-refractivity contribution in [1.29, 1.82) is 0 Å². The molecule has 0 aliphatic carbocycles. The normalized spacial score (nSPS) is 11.3. The molecule has 2 aromatic carbocycles. The van der Waals surface area contributed by atoms with Crippen LogP contribution in [0.4, 0.5) is 13.6 Å². The number of aromatic nitrogens is 1. The summed E-state index contributed by atoms with van der Waals surface area (Å²) in [5, 5.41) is 4.40. The number of pyridine rings is 1. The van der Waals surface area contributed by atoms with E-state index in [-0.39, 0.29) is 41.0 Å². The molecule has 198 valence electrons. The fraction of sp³-hybridized carbons (Fsp3) is 0.357. The maximum atomic E-state index is 13.3. The van der Waals surface area contributed by atoms with Crippen molar-refractivity contribution in [3.63, 3.8) is 0 Å². The number of carbonyl (C=O) groups excluding carboxylic acids is 3. The van der Waals surface area contributed by atoms with E-state index in [4.69, 9.17) is 11.6 Å². The Morgan fingerprint density at radius 3 is 2.43 bits per heavy atom. The van der Waals surface area contributed by atoms with Gasteiger partial charge in [-0.05, 0) is 68.0 Å². The van der Waals surface area contributed by atoms with Crippen LogP contribution in [0.5, 0.6) is 0 Å². The number of carbonyl (C=O) groups is 3. The second kappa shape index (κ2) is 14.4. The van der Waals surface area contributed by atoms with E-state index in [9.17, 15) is 23.2 Å². The SMILES string of the molecule is CC(=O)Cc1cc2cc(F)ccc2cn1.CCC(CCC(C)=O)N(C)C(=O)NCc1cccc(F)c1Cl. The van der Waals surface area contributed by atoms with Crippen LogP contribution in [0.1, 0.15) is 51.3 Å². The first-order valence-corrected chi connectivity index (χ1v) is 12.4. The molecule has 1 N–H and O–H groups in total. The second-order valence-electron chi connectivity index (χ2n) is 8.83. The van der Waals surface area contributed by atoms with Crippen molar-refractivity contribution in [2.45, 2.75) is 59.0 Å². The van der Waals surface area contributed by atoms with Crippen molar-refractivity contribution in [2.24, 2.45) is 0 Å². The number of urea groups is 1. The van der Waals surface area contributed by atoms with Crippen molar-refractivity contribution in [1.82, 2.24) is 15.2 Å². The van der Waals surface area contributed by atoms with Gasteiger partial charge in [-0.3, -0.25) is 9.78 Å². The number of fused-ring (bicyclic) bond motifs is 1. The van der Waals surface area contributed by atoms with Crippen molar-refractivity contribution in [2.75, 3.05) is 7.05 Å². The van der Waals surface area contributed by atoms with Crippen molar-refractivity contribution < 1.29 is 23.2 Å². The minimum absolute atomic E-state index is 0.00752. The van der Waals surface area contributed by atoms with Crippen LogP contribution in [0.25, 0.3) is 10.8 Å². The van der Waals surface area contributed by atoms with Gasteiger partial charge in [-0.25, -0.2) is 13.6 Å². The number of rotatable bonds is 9. The lowest BCUT2D eigenvalue weighted by Crippen LogP contribution is -2.43. The zero-order valence-corrected chi connectivity index (χ0v) is 22.2. The van der Waals surface area contributed by atoms with E-state index >= 15 is 0 Å². The number of halogens is 3. The van der Waals surface area contributed by atoms with Gasteiger partial charge in [-0.1, -0.05) is 30.7 Å². The summed E-state index contributed by atoms with van der Waals surface area (Å²) < 4.78 is 26.3. The van der Waals surface area contributed by atoms with Crippen LogP contribution >= 0.6 is 11.6 Å². The number of amides is 2. The fourth-order valence-electron chi connectivity index (χ4n) is 3.70. The molecule has 3 aromatic rings. The van der Waals surface area contributed by atoms with Crippen LogP contribution in [-0.2, 0) is 22.6 Å². The maximum Gasteiger partial charge on any atom is 0.317 e. The fourth-order valence-corrected chi connectivity index (χ4v) is 3.89. The number of ketones is 2. The molecular weight excluding hydrogens is 500 g/mol. The zero-order valence-electron chi connectivity index (χ0n) is 21.5. The highest BCUT2D eigenvalue weighted by atomic mass is 35.5. The number of hydrogen-bond donors (Lipinski definition) is 1. The predicted molar refractivity (Wildman–Crippen MR) is 141 cm³/mol. The third-order valence-electron chi connectivity index (χ3n) is 5.80. The average Bonchev–Trinajstić information content (AvgIpc) is 2.84. The minimum atomic E-state index is -0.505. The number of nitrogens with zero attached hydrogens (tertiary/aromatic N) is 2. The quantitative estimate of drug-likeness (QED) is 0.353. The summed E-state index contributed by atoms with van der Waals surface area (Å²) in [6, 6.07) is 10.5. The number of hydrogen-bond acceptors (Lipinski definition) is 4. The lowest BCUT2D eigenvalue weighted by Gasteiger charge is -2.27. The van der Waals surface area contributed by atoms with Gasteiger partial charge in [0.05, 0.1) is 5.02 Å². The largest absolute Gasteiger partial charge is 0.334 e. The van der Waals surface area contributed by atoms with Gasteiger partial charge < -0.3 is 15.0 Å². The smallest absolute Gasteiger partial charge is 0.317 e. The van der Waals surface area contributed by atoms with Crippen molar-refractivity contribution in [3.05, 3.63) is 76.6 Å². The lowest BCUT2D eigenvalue weighted by molar-refractivity contribution is -0.117. The van der Waals surface area contributed by atoms with E-state index < -0.39 is 5.82 Å². The van der Waals surface area contributed by atoms with Gasteiger partial charge in [-0.15, -0.1) is 0 Å². The maximum absolute atomic E-state index is 13.3. The van der Waals surface area contributed by atoms with Crippen LogP contribution in [-0.4, -0.2) is 40.6 Å². The van der Waals surface area contributed by atoms with E-state index in [2.05, 4.69) is 10.3 Å². The molecule has 1 atom stereocenters. The Bertz CT molecular complexity index is 1250. The summed E-state index contributed by atoms with van der Waals surface area (Å²) in [7, 11) is 1.69. The van der Waals surface area contributed by atoms with Crippen LogP contribution in [0.15, 0.2) is 48.7 Å². The van der Waals surface area contributed by atoms with Crippen LogP contribution in [0, 0.1) is 11.6 Å². The molecule has 3 rings (SSSR count). The van der Waals surface area contributed by atoms with Crippen LogP contribution in [0.2, 0.25) is 5.02 Å². The first-order chi connectivity index (χ1) is 17.5. The summed E-state index contributed by atoms with van der Waals surface area (Å²) in [5.74, 6) is -0.616. The van der Waals surface area contributed by atoms with E-state index in [1.54, 1.807) is 49.3 Å². The van der Waals surface area contributed by atoms with Gasteiger partial charge in [-0.2, -0.15) is 0 Å². The van der Waals surface area contributed by atoms with Crippen molar-refractivity contribution >= 4 is 40.0 Å². The molecule has 0 bridgehead atoms. The molecule has 0 aliphatic heterocycles. The molecule has 2 amide bonds. The molecule has 1 heterocycles. The molecule has 6 nitrogen and oxygen atoms in total. The Hall–Kier alpha value is -3.39. The summed E-state index contributed by atoms with van der Waals surface area (Å²) in [6.45, 7) is 5.18. The summed E-state index contributed by atoms with van der Waals surface area (Å²) in [4.78, 5) is 39.8. The van der Waals surface area contributed by atoms with Crippen LogP contribution < -0.4 is 5.32 Å². The minimum Gasteiger partial charge on any atom is -0.334 e. The topological polar surface area (TPSA) is 79.4 Å². The Morgan fingerprint density at radius 2 is 1.78 bits per heavy atom. The number of Topliss-reactive ketones (excluding diaryl/α,β-unsaturated/α-hetero) is 2. The highest BCUT2D eigenvalue weighted by Gasteiger charge is 2.19. The highest BCUT2D eigenvalue weighted by molar-refractivity contribution is 6.31. The molecule has 1 aromatic heterocycles. The molecule has 0 saturated carbocycles. The summed E-state index contributed by atoms with van der Waals surface area (Å²) in [6.07, 6.45) is 3.81. The highest BCUT2D eigenvalue weighted by Crippen LogP contribution is 2.20. The molecule has 0 radical (unpaired) electrons. The molecule has 0 aliphatic rings. The lowest BCUT2D eigenvalue weighted by atomic mass is 10.1. The van der Waals surface area contributed by atoms with E-state index in [0.717, 1.165) is 17.2 Å². The Morgan fingerprint density at radius 1 is 1.05 bits per heavy atom. The molecule has 0 fully saturated rings. The molecule has 9 heteroatoms. The Labute approximate surface area is 221 Å².